The van der Waals surface area contributed by atoms with Gasteiger partial charge in [0.05, 0.1) is 17.9 Å². The van der Waals surface area contributed by atoms with Gasteiger partial charge in [0.2, 0.25) is 0 Å². The summed E-state index contributed by atoms with van der Waals surface area (Å²) in [5, 5.41) is 0. The predicted octanol–water partition coefficient (Wildman–Crippen LogP) is 4.90. The van der Waals surface area contributed by atoms with Crippen LogP contribution in [0.4, 0.5) is 0 Å². The minimum atomic E-state index is -0.334. The molecular weight excluding hydrogens is 298 g/mol. The third-order valence-corrected chi connectivity index (χ3v) is 3.95. The molecule has 0 aliphatic carbocycles. The highest BCUT2D eigenvalue weighted by molar-refractivity contribution is 5.99. The Morgan fingerprint density at radius 2 is 1.54 bits per heavy atom. The number of carbonyl (C=O) groups is 1. The fraction of sp³-hybridized carbons (Fsp3) is 0.143. The highest BCUT2D eigenvalue weighted by Gasteiger charge is 2.21. The van der Waals surface area contributed by atoms with E-state index in [4.69, 9.17) is 4.74 Å². The standard InChI is InChI=1S/C21H19NO2/c1-3-24-21(23)19-15(2)18(16-10-6-4-7-11-16)14-22-20(19)17-12-8-5-9-13-17/h4-14H,3H2,1-2H3. The van der Waals surface area contributed by atoms with Crippen molar-refractivity contribution in [3.05, 3.63) is 78.0 Å². The number of rotatable bonds is 4. The van der Waals surface area contributed by atoms with Crippen molar-refractivity contribution < 1.29 is 9.53 Å². The molecule has 0 bridgehead atoms. The van der Waals surface area contributed by atoms with Crippen molar-refractivity contribution in [3.8, 4) is 22.4 Å². The predicted molar refractivity (Wildman–Crippen MR) is 95.8 cm³/mol. The van der Waals surface area contributed by atoms with Crippen LogP contribution in [0, 0.1) is 6.92 Å². The van der Waals surface area contributed by atoms with Crippen molar-refractivity contribution in [1.29, 1.82) is 0 Å². The van der Waals surface area contributed by atoms with Gasteiger partial charge in [-0.1, -0.05) is 60.7 Å². The molecule has 2 aromatic carbocycles. The van der Waals surface area contributed by atoms with Gasteiger partial charge in [-0.25, -0.2) is 4.79 Å². The van der Waals surface area contributed by atoms with Crippen molar-refractivity contribution in [2.24, 2.45) is 0 Å². The van der Waals surface area contributed by atoms with Crippen molar-refractivity contribution >= 4 is 5.97 Å². The number of hydrogen-bond donors (Lipinski definition) is 0. The topological polar surface area (TPSA) is 39.2 Å². The zero-order chi connectivity index (χ0) is 16.9. The van der Waals surface area contributed by atoms with Gasteiger partial charge in [-0.05, 0) is 25.0 Å². The van der Waals surface area contributed by atoms with Crippen LogP contribution in [0.2, 0.25) is 0 Å². The third-order valence-electron chi connectivity index (χ3n) is 3.95. The molecule has 3 nitrogen and oxygen atoms in total. The first-order valence-corrected chi connectivity index (χ1v) is 8.00. The Hall–Kier alpha value is -2.94. The summed E-state index contributed by atoms with van der Waals surface area (Å²) in [7, 11) is 0. The lowest BCUT2D eigenvalue weighted by molar-refractivity contribution is 0.0526. The van der Waals surface area contributed by atoms with E-state index < -0.39 is 0 Å². The molecule has 0 amide bonds. The quantitative estimate of drug-likeness (QED) is 0.642. The summed E-state index contributed by atoms with van der Waals surface area (Å²) in [5.74, 6) is -0.334. The largest absolute Gasteiger partial charge is 0.462 e. The molecule has 0 unspecified atom stereocenters. The van der Waals surface area contributed by atoms with Crippen molar-refractivity contribution in [3.63, 3.8) is 0 Å². The fourth-order valence-corrected chi connectivity index (χ4v) is 2.78. The van der Waals surface area contributed by atoms with Gasteiger partial charge in [0.15, 0.2) is 0 Å². The summed E-state index contributed by atoms with van der Waals surface area (Å²) in [5.41, 5.74) is 4.96. The Morgan fingerprint density at radius 3 is 2.12 bits per heavy atom. The van der Waals surface area contributed by atoms with Gasteiger partial charge in [0.1, 0.15) is 0 Å². The van der Waals surface area contributed by atoms with Gasteiger partial charge in [-0.15, -0.1) is 0 Å². The van der Waals surface area contributed by atoms with Crippen molar-refractivity contribution in [2.75, 3.05) is 6.61 Å². The number of aromatic nitrogens is 1. The molecule has 0 fully saturated rings. The van der Waals surface area contributed by atoms with Gasteiger partial charge >= 0.3 is 5.97 Å². The van der Waals surface area contributed by atoms with Gasteiger partial charge in [-0.3, -0.25) is 4.98 Å². The molecule has 0 aliphatic rings. The second-order valence-electron chi connectivity index (χ2n) is 5.47. The first-order chi connectivity index (χ1) is 11.7. The lowest BCUT2D eigenvalue weighted by Crippen LogP contribution is -2.11. The van der Waals surface area contributed by atoms with Crippen LogP contribution >= 0.6 is 0 Å². The van der Waals surface area contributed by atoms with Crippen LogP contribution in [-0.4, -0.2) is 17.6 Å². The lowest BCUT2D eigenvalue weighted by atomic mass is 9.95. The normalized spacial score (nSPS) is 10.4. The van der Waals surface area contributed by atoms with Crippen molar-refractivity contribution in [1.82, 2.24) is 4.98 Å². The highest BCUT2D eigenvalue weighted by atomic mass is 16.5. The van der Waals surface area contributed by atoms with E-state index in [1.165, 1.54) is 0 Å². The Labute approximate surface area is 142 Å². The summed E-state index contributed by atoms with van der Waals surface area (Å²) in [6.07, 6.45) is 1.83. The Balaban J connectivity index is 2.21. The highest BCUT2D eigenvalue weighted by Crippen LogP contribution is 2.31. The minimum Gasteiger partial charge on any atom is -0.462 e. The third kappa shape index (κ3) is 3.06. The molecule has 24 heavy (non-hydrogen) atoms. The van der Waals surface area contributed by atoms with Gasteiger partial charge in [0, 0.05) is 17.3 Å². The number of benzene rings is 2. The van der Waals surface area contributed by atoms with E-state index in [-0.39, 0.29) is 5.97 Å². The minimum absolute atomic E-state index is 0.334. The van der Waals surface area contributed by atoms with Crippen LogP contribution in [0.3, 0.4) is 0 Å². The molecule has 0 radical (unpaired) electrons. The van der Waals surface area contributed by atoms with Gasteiger partial charge in [-0.2, -0.15) is 0 Å². The first kappa shape index (κ1) is 15.9. The SMILES string of the molecule is CCOC(=O)c1c(-c2ccccc2)ncc(-c2ccccc2)c1C. The molecule has 0 aliphatic heterocycles. The molecule has 3 rings (SSSR count). The number of esters is 1. The number of nitrogens with zero attached hydrogens (tertiary/aromatic N) is 1. The fourth-order valence-electron chi connectivity index (χ4n) is 2.78. The Kier molecular flexibility index (Phi) is 4.71. The van der Waals surface area contributed by atoms with Crippen LogP contribution in [-0.2, 0) is 4.74 Å². The van der Waals surface area contributed by atoms with Crippen LogP contribution in [0.25, 0.3) is 22.4 Å². The molecule has 3 heteroatoms. The number of carbonyl (C=O) groups excluding carboxylic acids is 1. The first-order valence-electron chi connectivity index (χ1n) is 8.00. The average molecular weight is 317 g/mol. The summed E-state index contributed by atoms with van der Waals surface area (Å²) in [6.45, 7) is 4.09. The zero-order valence-corrected chi connectivity index (χ0v) is 13.8. The Bertz CT molecular complexity index is 842. The molecule has 1 heterocycles. The van der Waals surface area contributed by atoms with E-state index in [9.17, 15) is 4.79 Å². The van der Waals surface area contributed by atoms with E-state index in [0.29, 0.717) is 17.9 Å². The van der Waals surface area contributed by atoms with Gasteiger partial charge < -0.3 is 4.74 Å². The molecule has 1 aromatic heterocycles. The molecule has 0 saturated heterocycles. The van der Waals surface area contributed by atoms with Crippen LogP contribution in [0.1, 0.15) is 22.8 Å². The van der Waals surface area contributed by atoms with E-state index in [1.54, 1.807) is 0 Å². The van der Waals surface area contributed by atoms with Crippen LogP contribution < -0.4 is 0 Å². The summed E-state index contributed by atoms with van der Waals surface area (Å²) in [6, 6.07) is 19.7. The summed E-state index contributed by atoms with van der Waals surface area (Å²) < 4.78 is 5.28. The lowest BCUT2D eigenvalue weighted by Gasteiger charge is -2.15. The van der Waals surface area contributed by atoms with E-state index >= 15 is 0 Å². The van der Waals surface area contributed by atoms with E-state index in [1.807, 2.05) is 80.7 Å². The maximum absolute atomic E-state index is 12.6. The maximum Gasteiger partial charge on any atom is 0.340 e. The van der Waals surface area contributed by atoms with E-state index in [2.05, 4.69) is 4.98 Å². The molecule has 0 spiro atoms. The molecule has 0 N–H and O–H groups in total. The van der Waals surface area contributed by atoms with Crippen molar-refractivity contribution in [2.45, 2.75) is 13.8 Å². The molecule has 120 valence electrons. The smallest absolute Gasteiger partial charge is 0.340 e. The molecule has 3 aromatic rings. The number of pyridine rings is 1. The average Bonchev–Trinajstić information content (AvgIpc) is 2.63. The van der Waals surface area contributed by atoms with E-state index in [0.717, 1.165) is 22.3 Å². The monoisotopic (exact) mass is 317 g/mol. The molecule has 0 atom stereocenters. The maximum atomic E-state index is 12.6. The van der Waals surface area contributed by atoms with Gasteiger partial charge in [0.25, 0.3) is 0 Å². The summed E-state index contributed by atoms with van der Waals surface area (Å²) in [4.78, 5) is 17.2. The molecule has 0 saturated carbocycles. The Morgan fingerprint density at radius 1 is 0.958 bits per heavy atom. The summed E-state index contributed by atoms with van der Waals surface area (Å²) >= 11 is 0. The molecular formula is C21H19NO2. The second kappa shape index (κ2) is 7.09. The number of hydrogen-bond acceptors (Lipinski definition) is 3. The zero-order valence-electron chi connectivity index (χ0n) is 13.8. The van der Waals surface area contributed by atoms with Crippen LogP contribution in [0.15, 0.2) is 66.9 Å². The van der Waals surface area contributed by atoms with Crippen LogP contribution in [0.5, 0.6) is 0 Å². The second-order valence-corrected chi connectivity index (χ2v) is 5.47. The number of ether oxygens (including phenoxy) is 1.